The van der Waals surface area contributed by atoms with E-state index < -0.39 is 5.82 Å². The number of thioether (sulfide) groups is 1. The first-order valence-corrected chi connectivity index (χ1v) is 7.75. The number of para-hydroxylation sites is 1. The summed E-state index contributed by atoms with van der Waals surface area (Å²) in [5.41, 5.74) is 0.226. The maximum Gasteiger partial charge on any atom is 0.321 e. The van der Waals surface area contributed by atoms with Crippen molar-refractivity contribution in [3.05, 3.63) is 30.1 Å². The van der Waals surface area contributed by atoms with Gasteiger partial charge in [-0.3, -0.25) is 0 Å². The smallest absolute Gasteiger partial charge is 0.321 e. The Bertz CT molecular complexity index is 496. The monoisotopic (exact) mass is 296 g/mol. The average Bonchev–Trinajstić information content (AvgIpc) is 2.90. The minimum atomic E-state index is -0.413. The molecule has 1 aromatic carbocycles. The van der Waals surface area contributed by atoms with Crippen molar-refractivity contribution in [3.8, 4) is 0 Å². The molecule has 0 atom stereocenters. The summed E-state index contributed by atoms with van der Waals surface area (Å²) < 4.78 is 19.3. The lowest BCUT2D eigenvalue weighted by Gasteiger charge is -2.37. The highest BCUT2D eigenvalue weighted by Crippen LogP contribution is 2.41. The number of benzene rings is 1. The fourth-order valence-corrected chi connectivity index (χ4v) is 3.77. The molecule has 0 bridgehead atoms. The standard InChI is InChI=1S/C14H17FN2O2S/c15-11-3-1-2-4-12(11)16-13(18)17-7-5-14(6-8-17)19-9-10-20-14/h1-4H,5-10H2,(H,16,18). The number of nitrogens with one attached hydrogen (secondary N) is 1. The molecule has 108 valence electrons. The molecule has 2 aliphatic rings. The topological polar surface area (TPSA) is 41.6 Å². The van der Waals surface area contributed by atoms with Crippen molar-refractivity contribution in [2.45, 2.75) is 17.8 Å². The first kappa shape index (κ1) is 13.7. The van der Waals surface area contributed by atoms with Crippen molar-refractivity contribution in [2.75, 3.05) is 30.8 Å². The van der Waals surface area contributed by atoms with E-state index in [-0.39, 0.29) is 16.7 Å². The van der Waals surface area contributed by atoms with Crippen LogP contribution in [0.2, 0.25) is 0 Å². The number of halogens is 1. The summed E-state index contributed by atoms with van der Waals surface area (Å²) in [5, 5.41) is 2.62. The molecule has 1 aromatic rings. The molecule has 2 fully saturated rings. The number of ether oxygens (including phenoxy) is 1. The van der Waals surface area contributed by atoms with Gasteiger partial charge in [-0.05, 0) is 12.1 Å². The molecule has 1 spiro atoms. The predicted octanol–water partition coefficient (Wildman–Crippen LogP) is 2.91. The number of nitrogens with zero attached hydrogens (tertiary/aromatic N) is 1. The number of carbonyl (C=O) groups excluding carboxylic acids is 1. The third-order valence-electron chi connectivity index (χ3n) is 3.74. The van der Waals surface area contributed by atoms with E-state index in [1.807, 2.05) is 11.8 Å². The van der Waals surface area contributed by atoms with Gasteiger partial charge in [-0.25, -0.2) is 9.18 Å². The first-order valence-electron chi connectivity index (χ1n) is 6.77. The van der Waals surface area contributed by atoms with Crippen LogP contribution in [0.15, 0.2) is 24.3 Å². The summed E-state index contributed by atoms with van der Waals surface area (Å²) >= 11 is 1.85. The summed E-state index contributed by atoms with van der Waals surface area (Å²) in [4.78, 5) is 13.8. The van der Waals surface area contributed by atoms with Crippen LogP contribution in [0.3, 0.4) is 0 Å². The molecule has 0 saturated carbocycles. The van der Waals surface area contributed by atoms with E-state index in [1.54, 1.807) is 23.1 Å². The summed E-state index contributed by atoms with van der Waals surface area (Å²) in [5.74, 6) is 0.616. The zero-order valence-electron chi connectivity index (χ0n) is 11.1. The third-order valence-corrected chi connectivity index (χ3v) is 5.16. The van der Waals surface area contributed by atoms with Gasteiger partial charge in [0.05, 0.1) is 12.3 Å². The van der Waals surface area contributed by atoms with Gasteiger partial charge >= 0.3 is 6.03 Å². The number of anilines is 1. The second-order valence-electron chi connectivity index (χ2n) is 5.00. The lowest BCUT2D eigenvalue weighted by molar-refractivity contribution is 0.0105. The van der Waals surface area contributed by atoms with Gasteiger partial charge in [0, 0.05) is 31.7 Å². The van der Waals surface area contributed by atoms with Gasteiger partial charge < -0.3 is 15.0 Å². The molecule has 1 N–H and O–H groups in total. The zero-order valence-corrected chi connectivity index (χ0v) is 11.9. The van der Waals surface area contributed by atoms with E-state index in [9.17, 15) is 9.18 Å². The molecule has 2 amide bonds. The Morgan fingerprint density at radius 3 is 2.75 bits per heavy atom. The van der Waals surface area contributed by atoms with E-state index in [4.69, 9.17) is 4.74 Å². The lowest BCUT2D eigenvalue weighted by atomic mass is 10.1. The van der Waals surface area contributed by atoms with Crippen LogP contribution in [0, 0.1) is 5.82 Å². The van der Waals surface area contributed by atoms with E-state index >= 15 is 0 Å². The summed E-state index contributed by atoms with van der Waals surface area (Å²) in [6.07, 6.45) is 1.67. The molecular weight excluding hydrogens is 279 g/mol. The zero-order chi connectivity index (χ0) is 14.0. The number of piperidine rings is 1. The Hall–Kier alpha value is -1.27. The van der Waals surface area contributed by atoms with Crippen molar-refractivity contribution in [1.82, 2.24) is 4.90 Å². The minimum absolute atomic E-state index is 0.0885. The molecule has 20 heavy (non-hydrogen) atoms. The normalized spacial score (nSPS) is 21.1. The molecular formula is C14H17FN2O2S. The molecule has 0 radical (unpaired) electrons. The van der Waals surface area contributed by atoms with Gasteiger partial charge in [-0.15, -0.1) is 11.8 Å². The highest BCUT2D eigenvalue weighted by atomic mass is 32.2. The van der Waals surface area contributed by atoms with Crippen LogP contribution in [0.4, 0.5) is 14.9 Å². The molecule has 2 saturated heterocycles. The summed E-state index contributed by atoms with van der Waals surface area (Å²) in [6.45, 7) is 2.09. The van der Waals surface area contributed by atoms with Crippen LogP contribution >= 0.6 is 11.8 Å². The van der Waals surface area contributed by atoms with Crippen molar-refractivity contribution in [2.24, 2.45) is 0 Å². The number of carbonyl (C=O) groups is 1. The van der Waals surface area contributed by atoms with Crippen molar-refractivity contribution >= 4 is 23.5 Å². The number of likely N-dealkylation sites (tertiary alicyclic amines) is 1. The second kappa shape index (κ2) is 5.61. The quantitative estimate of drug-likeness (QED) is 0.866. The number of urea groups is 1. The first-order chi connectivity index (χ1) is 9.69. The van der Waals surface area contributed by atoms with Crippen molar-refractivity contribution < 1.29 is 13.9 Å². The van der Waals surface area contributed by atoms with Crippen LogP contribution in [0.5, 0.6) is 0 Å². The predicted molar refractivity (Wildman–Crippen MR) is 77.4 cm³/mol. The van der Waals surface area contributed by atoms with Crippen LogP contribution < -0.4 is 5.32 Å². The molecule has 4 nitrogen and oxygen atoms in total. The average molecular weight is 296 g/mol. The van der Waals surface area contributed by atoms with Crippen LogP contribution in [0.25, 0.3) is 0 Å². The maximum atomic E-state index is 13.5. The lowest BCUT2D eigenvalue weighted by Crippen LogP contribution is -2.46. The molecule has 6 heteroatoms. The van der Waals surface area contributed by atoms with Crippen LogP contribution in [-0.2, 0) is 4.74 Å². The van der Waals surface area contributed by atoms with Gasteiger partial charge in [-0.1, -0.05) is 12.1 Å². The number of amides is 2. The van der Waals surface area contributed by atoms with E-state index in [2.05, 4.69) is 5.32 Å². The Labute approximate surface area is 121 Å². The van der Waals surface area contributed by atoms with E-state index in [0.717, 1.165) is 25.2 Å². The Morgan fingerprint density at radius 1 is 1.35 bits per heavy atom. The summed E-state index contributed by atoms with van der Waals surface area (Å²) in [6, 6.07) is 5.96. The largest absolute Gasteiger partial charge is 0.363 e. The van der Waals surface area contributed by atoms with Gasteiger partial charge in [-0.2, -0.15) is 0 Å². The van der Waals surface area contributed by atoms with Gasteiger partial charge in [0.2, 0.25) is 0 Å². The molecule has 3 rings (SSSR count). The highest BCUT2D eigenvalue weighted by Gasteiger charge is 2.40. The third kappa shape index (κ3) is 2.76. The molecule has 0 aromatic heterocycles. The minimum Gasteiger partial charge on any atom is -0.363 e. The Kier molecular flexibility index (Phi) is 3.85. The van der Waals surface area contributed by atoms with Crippen molar-refractivity contribution in [3.63, 3.8) is 0 Å². The van der Waals surface area contributed by atoms with Gasteiger partial charge in [0.1, 0.15) is 10.8 Å². The maximum absolute atomic E-state index is 13.5. The van der Waals surface area contributed by atoms with Crippen molar-refractivity contribution in [1.29, 1.82) is 0 Å². The molecule has 2 aliphatic heterocycles. The SMILES string of the molecule is O=C(Nc1ccccc1F)N1CCC2(CC1)OCCS2. The highest BCUT2D eigenvalue weighted by molar-refractivity contribution is 8.00. The second-order valence-corrected chi connectivity index (χ2v) is 6.45. The van der Waals surface area contributed by atoms with Gasteiger partial charge in [0.25, 0.3) is 0 Å². The van der Waals surface area contributed by atoms with Gasteiger partial charge in [0.15, 0.2) is 0 Å². The van der Waals surface area contributed by atoms with Crippen LogP contribution in [-0.4, -0.2) is 41.3 Å². The molecule has 2 heterocycles. The summed E-state index contributed by atoms with van der Waals surface area (Å²) in [7, 11) is 0. The van der Waals surface area contributed by atoms with E-state index in [0.29, 0.717) is 13.1 Å². The van der Waals surface area contributed by atoms with Crippen LogP contribution in [0.1, 0.15) is 12.8 Å². The molecule has 0 unspecified atom stereocenters. The Morgan fingerprint density at radius 2 is 2.10 bits per heavy atom. The number of hydrogen-bond donors (Lipinski definition) is 1. The van der Waals surface area contributed by atoms with E-state index in [1.165, 1.54) is 6.07 Å². The number of rotatable bonds is 1. The Balaban J connectivity index is 1.58. The molecule has 0 aliphatic carbocycles. The number of hydrogen-bond acceptors (Lipinski definition) is 3. The fraction of sp³-hybridized carbons (Fsp3) is 0.500. The fourth-order valence-electron chi connectivity index (χ4n) is 2.59.